The molecule has 0 aliphatic carbocycles. The van der Waals surface area contributed by atoms with Crippen LogP contribution < -0.4 is 5.32 Å². The Kier molecular flexibility index (Phi) is 2.62. The summed E-state index contributed by atoms with van der Waals surface area (Å²) in [4.78, 5) is 20.4. The van der Waals surface area contributed by atoms with Gasteiger partial charge in [-0.1, -0.05) is 0 Å². The third-order valence-corrected chi connectivity index (χ3v) is 3.17. The first kappa shape index (κ1) is 12.5. The van der Waals surface area contributed by atoms with E-state index in [4.69, 9.17) is 0 Å². The van der Waals surface area contributed by atoms with Crippen LogP contribution in [0.25, 0.3) is 11.3 Å². The molecule has 0 aliphatic rings. The summed E-state index contributed by atoms with van der Waals surface area (Å²) in [6.45, 7) is 0. The smallest absolute Gasteiger partial charge is 0.259 e. The van der Waals surface area contributed by atoms with Crippen molar-refractivity contribution in [2.24, 2.45) is 0 Å². The van der Waals surface area contributed by atoms with Crippen LogP contribution in [-0.2, 0) is 0 Å². The average molecular weight is 296 g/mol. The van der Waals surface area contributed by atoms with Gasteiger partial charge in [-0.05, 0) is 24.3 Å². The molecular weight excluding hydrogens is 287 g/mol. The highest BCUT2D eigenvalue weighted by atomic mass is 19.1. The summed E-state index contributed by atoms with van der Waals surface area (Å²) in [7, 11) is 0. The molecule has 1 N–H and O–H groups in total. The summed E-state index contributed by atoms with van der Waals surface area (Å²) < 4.78 is 16.1. The van der Waals surface area contributed by atoms with E-state index in [1.807, 2.05) is 0 Å². The van der Waals surface area contributed by atoms with E-state index in [9.17, 15) is 9.18 Å². The van der Waals surface area contributed by atoms with E-state index in [0.29, 0.717) is 11.2 Å². The summed E-state index contributed by atoms with van der Waals surface area (Å²) in [6, 6.07) is 6.16. The Morgan fingerprint density at radius 2 is 2.00 bits per heavy atom. The Morgan fingerprint density at radius 1 is 1.14 bits per heavy atom. The van der Waals surface area contributed by atoms with Crippen LogP contribution in [0, 0.1) is 5.82 Å². The highest BCUT2D eigenvalue weighted by Gasteiger charge is 2.11. The third-order valence-electron chi connectivity index (χ3n) is 3.17. The number of hydrogen-bond acceptors (Lipinski definition) is 4. The van der Waals surface area contributed by atoms with E-state index >= 15 is 0 Å². The van der Waals surface area contributed by atoms with Gasteiger partial charge >= 0.3 is 0 Å². The zero-order valence-corrected chi connectivity index (χ0v) is 11.1. The number of imidazole rings is 1. The molecule has 0 radical (unpaired) electrons. The van der Waals surface area contributed by atoms with Gasteiger partial charge in [-0.25, -0.2) is 13.9 Å². The van der Waals surface area contributed by atoms with Gasteiger partial charge < -0.3 is 4.40 Å². The van der Waals surface area contributed by atoms with Crippen LogP contribution in [0.15, 0.2) is 49.1 Å². The zero-order chi connectivity index (χ0) is 15.1. The summed E-state index contributed by atoms with van der Waals surface area (Å²) in [6.07, 6.45) is 6.25. The van der Waals surface area contributed by atoms with Gasteiger partial charge in [-0.15, -0.1) is 5.10 Å². The van der Waals surface area contributed by atoms with Gasteiger partial charge in [0, 0.05) is 18.6 Å². The van der Waals surface area contributed by atoms with Crippen molar-refractivity contribution < 1.29 is 9.18 Å². The molecule has 0 saturated carbocycles. The lowest BCUT2D eigenvalue weighted by atomic mass is 10.2. The number of amides is 1. The minimum Gasteiger partial charge on any atom is -0.306 e. The number of hydrogen-bond donors (Lipinski definition) is 1. The molecule has 0 bridgehead atoms. The quantitative estimate of drug-likeness (QED) is 0.611. The van der Waals surface area contributed by atoms with Gasteiger partial charge in [0.15, 0.2) is 5.65 Å². The Hall–Kier alpha value is -3.29. The van der Waals surface area contributed by atoms with Crippen molar-refractivity contribution in [1.29, 1.82) is 0 Å². The first-order valence-electron chi connectivity index (χ1n) is 6.45. The molecule has 0 fully saturated rings. The highest BCUT2D eigenvalue weighted by Crippen LogP contribution is 2.10. The van der Waals surface area contributed by atoms with Gasteiger partial charge in [-0.3, -0.25) is 10.1 Å². The van der Waals surface area contributed by atoms with E-state index in [-0.39, 0.29) is 11.9 Å². The summed E-state index contributed by atoms with van der Waals surface area (Å²) >= 11 is 0. The van der Waals surface area contributed by atoms with Gasteiger partial charge in [0.25, 0.3) is 5.91 Å². The lowest BCUT2D eigenvalue weighted by molar-refractivity contribution is 0.102. The number of fused-ring (bicyclic) bond motifs is 2. The Morgan fingerprint density at radius 3 is 2.91 bits per heavy atom. The number of aromatic nitrogens is 5. The number of pyridine rings is 2. The molecular formula is C14H9FN6O. The van der Waals surface area contributed by atoms with E-state index in [2.05, 4.69) is 20.4 Å². The molecule has 7 nitrogen and oxygen atoms in total. The number of carbonyl (C=O) groups excluding carboxylic acids is 1. The van der Waals surface area contributed by atoms with Crippen molar-refractivity contribution in [2.45, 2.75) is 0 Å². The summed E-state index contributed by atoms with van der Waals surface area (Å²) in [5.74, 6) is -0.672. The van der Waals surface area contributed by atoms with E-state index < -0.39 is 5.82 Å². The molecule has 22 heavy (non-hydrogen) atoms. The number of nitrogens with one attached hydrogen (secondary N) is 1. The van der Waals surface area contributed by atoms with Crippen LogP contribution >= 0.6 is 0 Å². The molecule has 0 spiro atoms. The fourth-order valence-corrected chi connectivity index (χ4v) is 2.14. The molecule has 0 aromatic carbocycles. The standard InChI is InChI=1S/C14H9FN6O/c15-10-2-4-12-17-14(19-21(12)8-10)18-13(22)9-1-3-11-16-5-6-20(11)7-9/h1-8H,(H,18,19,22). The number of anilines is 1. The first-order valence-corrected chi connectivity index (χ1v) is 6.45. The SMILES string of the molecule is O=C(Nc1nc2ccc(F)cn2n1)c1ccc2nccn2c1. The number of halogens is 1. The lowest BCUT2D eigenvalue weighted by Crippen LogP contribution is -2.13. The minimum absolute atomic E-state index is 0.112. The molecule has 8 heteroatoms. The monoisotopic (exact) mass is 296 g/mol. The van der Waals surface area contributed by atoms with E-state index in [1.165, 1.54) is 22.8 Å². The topological polar surface area (TPSA) is 76.6 Å². The average Bonchev–Trinajstić information content (AvgIpc) is 3.11. The van der Waals surface area contributed by atoms with Crippen LogP contribution in [0.5, 0.6) is 0 Å². The van der Waals surface area contributed by atoms with Crippen molar-refractivity contribution in [3.63, 3.8) is 0 Å². The van der Waals surface area contributed by atoms with Crippen LogP contribution in [0.3, 0.4) is 0 Å². The molecule has 0 atom stereocenters. The number of carbonyl (C=O) groups is 1. The minimum atomic E-state index is -0.430. The Balaban J connectivity index is 1.64. The molecule has 4 heterocycles. The second kappa shape index (κ2) is 4.62. The molecule has 1 amide bonds. The zero-order valence-electron chi connectivity index (χ0n) is 11.1. The van der Waals surface area contributed by atoms with Gasteiger partial charge in [0.2, 0.25) is 5.95 Å². The van der Waals surface area contributed by atoms with Crippen LogP contribution in [0.2, 0.25) is 0 Å². The van der Waals surface area contributed by atoms with Crippen LogP contribution in [0.1, 0.15) is 10.4 Å². The summed E-state index contributed by atoms with van der Waals surface area (Å²) in [5, 5.41) is 6.59. The molecule has 4 aromatic rings. The fourth-order valence-electron chi connectivity index (χ4n) is 2.14. The molecule has 4 rings (SSSR count). The maximum Gasteiger partial charge on any atom is 0.259 e. The van der Waals surface area contributed by atoms with E-state index in [0.717, 1.165) is 5.65 Å². The molecule has 0 unspecified atom stereocenters. The van der Waals surface area contributed by atoms with Gasteiger partial charge in [0.1, 0.15) is 11.5 Å². The highest BCUT2D eigenvalue weighted by molar-refractivity contribution is 6.03. The predicted molar refractivity (Wildman–Crippen MR) is 76.1 cm³/mol. The first-order chi connectivity index (χ1) is 10.7. The number of rotatable bonds is 2. The third kappa shape index (κ3) is 2.06. The second-order valence-corrected chi connectivity index (χ2v) is 4.65. The van der Waals surface area contributed by atoms with Crippen molar-refractivity contribution >= 4 is 23.1 Å². The van der Waals surface area contributed by atoms with Crippen molar-refractivity contribution in [3.05, 3.63) is 60.4 Å². The van der Waals surface area contributed by atoms with Gasteiger partial charge in [-0.2, -0.15) is 4.98 Å². The Bertz CT molecular complexity index is 1000. The normalized spacial score (nSPS) is 11.1. The Labute approximate surface area is 123 Å². The number of nitrogens with zero attached hydrogens (tertiary/aromatic N) is 5. The predicted octanol–water partition coefficient (Wildman–Crippen LogP) is 1.77. The maximum atomic E-state index is 13.1. The fraction of sp³-hybridized carbons (Fsp3) is 0. The van der Waals surface area contributed by atoms with Gasteiger partial charge in [0.05, 0.1) is 11.8 Å². The van der Waals surface area contributed by atoms with Crippen molar-refractivity contribution in [2.75, 3.05) is 5.32 Å². The summed E-state index contributed by atoms with van der Waals surface area (Å²) in [5.41, 5.74) is 1.63. The lowest BCUT2D eigenvalue weighted by Gasteiger charge is -2.01. The van der Waals surface area contributed by atoms with Crippen molar-refractivity contribution in [3.8, 4) is 0 Å². The molecule has 108 valence electrons. The van der Waals surface area contributed by atoms with Crippen molar-refractivity contribution in [1.82, 2.24) is 24.0 Å². The second-order valence-electron chi connectivity index (χ2n) is 4.65. The van der Waals surface area contributed by atoms with E-state index in [1.54, 1.807) is 35.1 Å². The molecule has 4 aromatic heterocycles. The van der Waals surface area contributed by atoms with Crippen LogP contribution in [-0.4, -0.2) is 29.9 Å². The molecule has 0 aliphatic heterocycles. The largest absolute Gasteiger partial charge is 0.306 e. The molecule has 0 saturated heterocycles. The maximum absolute atomic E-state index is 13.1. The van der Waals surface area contributed by atoms with Crippen LogP contribution in [0.4, 0.5) is 10.3 Å².